The largest absolute Gasteiger partial charge is 0.396 e. The maximum absolute atomic E-state index is 11.7. The van der Waals surface area contributed by atoms with Gasteiger partial charge in [-0.3, -0.25) is 0 Å². The van der Waals surface area contributed by atoms with Crippen LogP contribution in [0.5, 0.6) is 0 Å². The Labute approximate surface area is 158 Å². The molecule has 4 bridgehead atoms. The highest BCUT2D eigenvalue weighted by molar-refractivity contribution is 5.38. The summed E-state index contributed by atoms with van der Waals surface area (Å²) in [6.07, 6.45) is -2.44. The van der Waals surface area contributed by atoms with Crippen LogP contribution in [-0.4, -0.2) is 74.1 Å². The molecule has 6 rings (SSSR count). The predicted molar refractivity (Wildman–Crippen MR) is 93.1 cm³/mol. The zero-order valence-electron chi connectivity index (χ0n) is 15.6. The predicted octanol–water partition coefficient (Wildman–Crippen LogP) is -0.860. The third kappa shape index (κ3) is 1.60. The first-order chi connectivity index (χ1) is 12.6. The lowest BCUT2D eigenvalue weighted by atomic mass is 9.35. The van der Waals surface area contributed by atoms with Gasteiger partial charge in [0.1, 0.15) is 6.10 Å². The molecule has 0 aromatic heterocycles. The lowest BCUT2D eigenvalue weighted by molar-refractivity contribution is -0.478. The van der Waals surface area contributed by atoms with Crippen LogP contribution in [0.1, 0.15) is 32.6 Å². The second-order valence-corrected chi connectivity index (χ2v) is 9.98. The van der Waals surface area contributed by atoms with Gasteiger partial charge in [0, 0.05) is 23.9 Å². The van der Waals surface area contributed by atoms with E-state index < -0.39 is 58.3 Å². The molecule has 2 spiro atoms. The molecule has 27 heavy (non-hydrogen) atoms. The zero-order chi connectivity index (χ0) is 19.6. The van der Waals surface area contributed by atoms with Crippen molar-refractivity contribution in [3.8, 4) is 0 Å². The van der Waals surface area contributed by atoms with Crippen LogP contribution in [0.25, 0.3) is 0 Å². The highest BCUT2D eigenvalue weighted by atomic mass is 16.6. The van der Waals surface area contributed by atoms with Gasteiger partial charge in [-0.15, -0.1) is 0 Å². The van der Waals surface area contributed by atoms with Crippen LogP contribution in [0, 0.1) is 34.0 Å². The van der Waals surface area contributed by atoms with Crippen molar-refractivity contribution in [2.75, 3.05) is 13.2 Å². The number of aliphatic hydroxyl groups is 6. The summed E-state index contributed by atoms with van der Waals surface area (Å²) in [5, 5.41) is 66.7. The van der Waals surface area contributed by atoms with Crippen molar-refractivity contribution in [2.24, 2.45) is 34.0 Å². The molecule has 11 atom stereocenters. The topological polar surface area (TPSA) is 131 Å². The molecule has 0 amide bonds. The third-order valence-electron chi connectivity index (χ3n) is 9.32. The molecule has 152 valence electrons. The summed E-state index contributed by atoms with van der Waals surface area (Å²) in [6.45, 7) is 5.68. The van der Waals surface area contributed by atoms with Gasteiger partial charge in [0.15, 0.2) is 0 Å². The Morgan fingerprint density at radius 1 is 1.11 bits per heavy atom. The molecule has 0 aromatic carbocycles. The van der Waals surface area contributed by atoms with Gasteiger partial charge in [-0.25, -0.2) is 0 Å². The van der Waals surface area contributed by atoms with Gasteiger partial charge in [-0.2, -0.15) is 0 Å². The fourth-order valence-corrected chi connectivity index (χ4v) is 8.16. The van der Waals surface area contributed by atoms with Gasteiger partial charge in [0.05, 0.1) is 30.3 Å². The van der Waals surface area contributed by atoms with Crippen molar-refractivity contribution in [2.45, 2.75) is 62.8 Å². The molecule has 6 aliphatic rings. The Bertz CT molecular complexity index is 698. The Kier molecular flexibility index (Phi) is 3.52. The van der Waals surface area contributed by atoms with Gasteiger partial charge in [-0.05, 0) is 42.6 Å². The SMILES string of the molecule is C=C1[C@@H](O)[C@]23[C@H](O)[C@H]1CC[C@H]2[C@@]12CO[C@@]3(O)[C@@H](O)[C@@H]1[C@](C)(CO)CC[C@H]2O. The number of hydrogen-bond acceptors (Lipinski definition) is 7. The van der Waals surface area contributed by atoms with E-state index in [0.717, 1.165) is 0 Å². The minimum Gasteiger partial charge on any atom is -0.396 e. The Morgan fingerprint density at radius 2 is 1.81 bits per heavy atom. The standard InChI is InChI=1S/C20H30O7/c1-9-10-3-4-11-18-8-27-20(26,19(11,14(9)23)15(10)24)16(25)13(18)17(2,7-21)6-5-12(18)22/h10-16,21-26H,1,3-8H2,2H3/t10-,11-,12+,13+,14+,15+,16-,17-,18+,19-,20-/m0/s1. The number of rotatable bonds is 1. The summed E-state index contributed by atoms with van der Waals surface area (Å²) in [5.74, 6) is -3.57. The van der Waals surface area contributed by atoms with Gasteiger partial charge < -0.3 is 35.4 Å². The lowest BCUT2D eigenvalue weighted by Crippen LogP contribution is -2.86. The molecular weight excluding hydrogens is 352 g/mol. The number of ether oxygens (including phenoxy) is 1. The van der Waals surface area contributed by atoms with Crippen LogP contribution in [0.2, 0.25) is 0 Å². The summed E-state index contributed by atoms with van der Waals surface area (Å²) >= 11 is 0. The van der Waals surface area contributed by atoms with Crippen molar-refractivity contribution < 1.29 is 35.4 Å². The third-order valence-corrected chi connectivity index (χ3v) is 9.32. The molecule has 0 aromatic rings. The molecule has 4 aliphatic carbocycles. The summed E-state index contributed by atoms with van der Waals surface area (Å²) < 4.78 is 5.83. The Balaban J connectivity index is 1.79. The van der Waals surface area contributed by atoms with E-state index in [1.807, 2.05) is 6.92 Å². The first-order valence-electron chi connectivity index (χ1n) is 10.0. The van der Waals surface area contributed by atoms with E-state index in [1.54, 1.807) is 0 Å². The number of fused-ring (bicyclic) bond motifs is 2. The summed E-state index contributed by atoms with van der Waals surface area (Å²) in [4.78, 5) is 0. The van der Waals surface area contributed by atoms with Gasteiger partial charge in [0.25, 0.3) is 0 Å². The molecule has 2 heterocycles. The van der Waals surface area contributed by atoms with Gasteiger partial charge >= 0.3 is 0 Å². The molecule has 7 heteroatoms. The molecule has 6 fully saturated rings. The second-order valence-electron chi connectivity index (χ2n) is 9.98. The average Bonchev–Trinajstić information content (AvgIpc) is 2.76. The normalized spacial score (nSPS) is 64.4. The van der Waals surface area contributed by atoms with E-state index in [1.165, 1.54) is 0 Å². The fraction of sp³-hybridized carbons (Fsp3) is 0.900. The quantitative estimate of drug-likeness (QED) is 0.325. The van der Waals surface area contributed by atoms with Crippen LogP contribution in [-0.2, 0) is 4.74 Å². The monoisotopic (exact) mass is 382 g/mol. The molecule has 7 nitrogen and oxygen atoms in total. The maximum atomic E-state index is 11.7. The smallest absolute Gasteiger partial charge is 0.203 e. The highest BCUT2D eigenvalue weighted by Gasteiger charge is 2.86. The van der Waals surface area contributed by atoms with Crippen molar-refractivity contribution in [3.63, 3.8) is 0 Å². The van der Waals surface area contributed by atoms with E-state index in [9.17, 15) is 30.6 Å². The van der Waals surface area contributed by atoms with Gasteiger partial charge in [0.2, 0.25) is 5.79 Å². The minimum absolute atomic E-state index is 0.0327. The minimum atomic E-state index is -2.16. The molecule has 4 saturated carbocycles. The van der Waals surface area contributed by atoms with Crippen molar-refractivity contribution in [1.82, 2.24) is 0 Å². The lowest BCUT2D eigenvalue weighted by Gasteiger charge is -2.75. The summed E-state index contributed by atoms with van der Waals surface area (Å²) in [5.41, 5.74) is -2.70. The summed E-state index contributed by atoms with van der Waals surface area (Å²) in [6, 6.07) is 0. The Hall–Kier alpha value is -0.540. The fourth-order valence-electron chi connectivity index (χ4n) is 8.16. The second kappa shape index (κ2) is 5.14. The molecule has 6 N–H and O–H groups in total. The van der Waals surface area contributed by atoms with Gasteiger partial charge in [-0.1, -0.05) is 13.5 Å². The first-order valence-corrected chi connectivity index (χ1v) is 10.0. The van der Waals surface area contributed by atoms with E-state index in [2.05, 4.69) is 6.58 Å². The van der Waals surface area contributed by atoms with Crippen LogP contribution in [0.15, 0.2) is 12.2 Å². The van der Waals surface area contributed by atoms with E-state index in [0.29, 0.717) is 31.3 Å². The van der Waals surface area contributed by atoms with Crippen molar-refractivity contribution in [3.05, 3.63) is 12.2 Å². The molecule has 2 saturated heterocycles. The van der Waals surface area contributed by atoms with E-state index in [-0.39, 0.29) is 19.1 Å². The molecule has 0 radical (unpaired) electrons. The number of aliphatic hydroxyl groups excluding tert-OH is 5. The van der Waals surface area contributed by atoms with Crippen molar-refractivity contribution in [1.29, 1.82) is 0 Å². The van der Waals surface area contributed by atoms with Crippen molar-refractivity contribution >= 4 is 0 Å². The maximum Gasteiger partial charge on any atom is 0.203 e. The van der Waals surface area contributed by atoms with E-state index >= 15 is 0 Å². The van der Waals surface area contributed by atoms with Crippen LogP contribution in [0.4, 0.5) is 0 Å². The Morgan fingerprint density at radius 3 is 2.48 bits per heavy atom. The summed E-state index contributed by atoms with van der Waals surface area (Å²) in [7, 11) is 0. The first kappa shape index (κ1) is 18.5. The van der Waals surface area contributed by atoms with Crippen LogP contribution >= 0.6 is 0 Å². The molecular formula is C20H30O7. The highest BCUT2D eigenvalue weighted by Crippen LogP contribution is 2.77. The average molecular weight is 382 g/mol. The molecule has 2 aliphatic heterocycles. The molecule has 0 unspecified atom stereocenters. The zero-order valence-corrected chi connectivity index (χ0v) is 15.6. The van der Waals surface area contributed by atoms with Crippen LogP contribution < -0.4 is 0 Å². The number of hydrogen-bond donors (Lipinski definition) is 6. The van der Waals surface area contributed by atoms with Crippen LogP contribution in [0.3, 0.4) is 0 Å². The van der Waals surface area contributed by atoms with E-state index in [4.69, 9.17) is 4.74 Å².